The number of hydrogen-bond acceptors (Lipinski definition) is 3. The largest absolute Gasteiger partial charge is 0.328 e. The van der Waals surface area contributed by atoms with E-state index < -0.39 is 0 Å². The molecule has 0 radical (unpaired) electrons. The number of imidazole rings is 1. The van der Waals surface area contributed by atoms with Crippen molar-refractivity contribution in [2.24, 2.45) is 0 Å². The van der Waals surface area contributed by atoms with Crippen LogP contribution in [0.1, 0.15) is 32.0 Å². The molecule has 1 fully saturated rings. The molecule has 1 aliphatic heterocycles. The molecule has 2 aromatic heterocycles. The smallest absolute Gasteiger partial charge is 0.114 e. The molecule has 90 valence electrons. The number of nitrogens with zero attached hydrogens (tertiary/aromatic N) is 3. The molecule has 4 nitrogen and oxygen atoms in total. The van der Waals surface area contributed by atoms with E-state index in [1.165, 1.54) is 17.8 Å². The van der Waals surface area contributed by atoms with Gasteiger partial charge in [-0.1, -0.05) is 0 Å². The first-order chi connectivity index (χ1) is 8.31. The first-order valence-corrected chi connectivity index (χ1v) is 6.34. The molecule has 2 aromatic rings. The lowest BCUT2D eigenvalue weighted by Gasteiger charge is -2.16. The molecule has 0 spiro atoms. The molecule has 3 rings (SSSR count). The van der Waals surface area contributed by atoms with Gasteiger partial charge in [0.05, 0.1) is 11.7 Å². The Kier molecular flexibility index (Phi) is 2.59. The van der Waals surface area contributed by atoms with E-state index in [2.05, 4.69) is 34.8 Å². The molecule has 0 saturated carbocycles. The molecule has 0 bridgehead atoms. The summed E-state index contributed by atoms with van der Waals surface area (Å²) in [7, 11) is 0. The van der Waals surface area contributed by atoms with E-state index in [9.17, 15) is 0 Å². The van der Waals surface area contributed by atoms with E-state index in [1.807, 2.05) is 12.4 Å². The van der Waals surface area contributed by atoms with E-state index in [0.717, 1.165) is 18.6 Å². The number of fused-ring (bicyclic) bond motifs is 1. The normalized spacial score (nSPS) is 24.6. The number of aromatic nitrogens is 3. The lowest BCUT2D eigenvalue weighted by molar-refractivity contribution is 0.542. The van der Waals surface area contributed by atoms with Crippen LogP contribution >= 0.6 is 0 Å². The van der Waals surface area contributed by atoms with E-state index in [4.69, 9.17) is 4.98 Å². The lowest BCUT2D eigenvalue weighted by atomic mass is 10.0. The van der Waals surface area contributed by atoms with Crippen molar-refractivity contribution in [1.82, 2.24) is 19.9 Å². The van der Waals surface area contributed by atoms with Crippen molar-refractivity contribution >= 4 is 11.0 Å². The molecule has 0 aliphatic carbocycles. The minimum absolute atomic E-state index is 0.519. The molecular weight excluding hydrogens is 212 g/mol. The fourth-order valence-corrected chi connectivity index (χ4v) is 2.83. The van der Waals surface area contributed by atoms with Crippen molar-refractivity contribution < 1.29 is 0 Å². The molecule has 4 heteroatoms. The summed E-state index contributed by atoms with van der Waals surface area (Å²) in [5.74, 6) is 1.75. The van der Waals surface area contributed by atoms with Crippen LogP contribution in [0.5, 0.6) is 0 Å². The minimum atomic E-state index is 0.519. The third kappa shape index (κ3) is 1.63. The first-order valence-electron chi connectivity index (χ1n) is 6.34. The highest BCUT2D eigenvalue weighted by Gasteiger charge is 2.28. The summed E-state index contributed by atoms with van der Waals surface area (Å²) in [6.07, 6.45) is 4.88. The van der Waals surface area contributed by atoms with Gasteiger partial charge in [-0.25, -0.2) is 4.98 Å². The minimum Gasteiger partial charge on any atom is -0.328 e. The van der Waals surface area contributed by atoms with Crippen molar-refractivity contribution in [2.45, 2.75) is 38.8 Å². The molecule has 1 aliphatic rings. The van der Waals surface area contributed by atoms with Crippen LogP contribution in [0, 0.1) is 0 Å². The number of aryl methyl sites for hydroxylation is 1. The molecule has 2 atom stereocenters. The zero-order valence-electron chi connectivity index (χ0n) is 10.3. The monoisotopic (exact) mass is 230 g/mol. The second-order valence-electron chi connectivity index (χ2n) is 4.72. The van der Waals surface area contributed by atoms with Gasteiger partial charge in [0.2, 0.25) is 0 Å². The Morgan fingerprint density at radius 2 is 2.41 bits per heavy atom. The quantitative estimate of drug-likeness (QED) is 0.857. The Hall–Kier alpha value is -1.42. The Balaban J connectivity index is 2.15. The summed E-state index contributed by atoms with van der Waals surface area (Å²) in [5, 5.41) is 3.49. The highest BCUT2D eigenvalue weighted by molar-refractivity contribution is 5.74. The highest BCUT2D eigenvalue weighted by Crippen LogP contribution is 2.29. The first kappa shape index (κ1) is 10.7. The van der Waals surface area contributed by atoms with E-state index in [1.54, 1.807) is 0 Å². The summed E-state index contributed by atoms with van der Waals surface area (Å²) < 4.78 is 2.32. The van der Waals surface area contributed by atoms with Crippen LogP contribution in [0.4, 0.5) is 0 Å². The van der Waals surface area contributed by atoms with Gasteiger partial charge in [0.15, 0.2) is 0 Å². The van der Waals surface area contributed by atoms with Gasteiger partial charge in [-0.05, 0) is 32.9 Å². The Morgan fingerprint density at radius 1 is 1.53 bits per heavy atom. The Morgan fingerprint density at radius 3 is 3.12 bits per heavy atom. The van der Waals surface area contributed by atoms with Crippen LogP contribution in [-0.2, 0) is 6.54 Å². The molecule has 1 N–H and O–H groups in total. The molecule has 17 heavy (non-hydrogen) atoms. The third-order valence-electron chi connectivity index (χ3n) is 3.75. The van der Waals surface area contributed by atoms with Gasteiger partial charge in [-0.2, -0.15) is 0 Å². The summed E-state index contributed by atoms with van der Waals surface area (Å²) in [4.78, 5) is 8.93. The molecule has 3 heterocycles. The van der Waals surface area contributed by atoms with Crippen molar-refractivity contribution in [2.75, 3.05) is 6.54 Å². The van der Waals surface area contributed by atoms with E-state index in [-0.39, 0.29) is 0 Å². The molecule has 1 saturated heterocycles. The van der Waals surface area contributed by atoms with Crippen LogP contribution in [0.2, 0.25) is 0 Å². The Labute approximate surface area is 101 Å². The van der Waals surface area contributed by atoms with E-state index in [0.29, 0.717) is 12.0 Å². The topological polar surface area (TPSA) is 42.7 Å². The van der Waals surface area contributed by atoms with Gasteiger partial charge < -0.3 is 9.88 Å². The van der Waals surface area contributed by atoms with Gasteiger partial charge in [0.25, 0.3) is 0 Å². The highest BCUT2D eigenvalue weighted by atomic mass is 15.1. The predicted octanol–water partition coefficient (Wildman–Crippen LogP) is 1.92. The van der Waals surface area contributed by atoms with Crippen LogP contribution in [-0.4, -0.2) is 27.1 Å². The van der Waals surface area contributed by atoms with Crippen LogP contribution in [0.3, 0.4) is 0 Å². The lowest BCUT2D eigenvalue weighted by Crippen LogP contribution is -2.23. The maximum Gasteiger partial charge on any atom is 0.114 e. The Bertz CT molecular complexity index is 531. The zero-order valence-corrected chi connectivity index (χ0v) is 10.3. The second-order valence-corrected chi connectivity index (χ2v) is 4.72. The summed E-state index contributed by atoms with van der Waals surface area (Å²) >= 11 is 0. The van der Waals surface area contributed by atoms with Gasteiger partial charge in [0.1, 0.15) is 11.3 Å². The predicted molar refractivity (Wildman–Crippen MR) is 68.0 cm³/mol. The number of hydrogen-bond donors (Lipinski definition) is 1. The summed E-state index contributed by atoms with van der Waals surface area (Å²) in [6.45, 7) is 6.49. The van der Waals surface area contributed by atoms with E-state index >= 15 is 0 Å². The van der Waals surface area contributed by atoms with Crippen LogP contribution in [0.25, 0.3) is 11.0 Å². The number of nitrogens with one attached hydrogen (secondary N) is 1. The SMILES string of the molecule is CCn1c(C2CCNC2C)nc2cnccc21. The average molecular weight is 230 g/mol. The number of rotatable bonds is 2. The fraction of sp³-hybridized carbons (Fsp3) is 0.538. The number of pyridine rings is 1. The van der Waals surface area contributed by atoms with Gasteiger partial charge in [-0.3, -0.25) is 4.98 Å². The van der Waals surface area contributed by atoms with Gasteiger partial charge in [-0.15, -0.1) is 0 Å². The van der Waals surface area contributed by atoms with Crippen LogP contribution in [0.15, 0.2) is 18.5 Å². The average Bonchev–Trinajstić information content (AvgIpc) is 2.91. The maximum atomic E-state index is 4.78. The van der Waals surface area contributed by atoms with Crippen molar-refractivity contribution in [3.05, 3.63) is 24.3 Å². The molecule has 2 unspecified atom stereocenters. The molecule has 0 aromatic carbocycles. The van der Waals surface area contributed by atoms with Crippen LogP contribution < -0.4 is 5.32 Å². The van der Waals surface area contributed by atoms with Crippen molar-refractivity contribution in [3.63, 3.8) is 0 Å². The van der Waals surface area contributed by atoms with Gasteiger partial charge in [0, 0.05) is 24.7 Å². The van der Waals surface area contributed by atoms with Crippen molar-refractivity contribution in [3.8, 4) is 0 Å². The zero-order chi connectivity index (χ0) is 11.8. The molecule has 0 amide bonds. The fourth-order valence-electron chi connectivity index (χ4n) is 2.83. The summed E-state index contributed by atoms with van der Waals surface area (Å²) in [5.41, 5.74) is 2.22. The maximum absolute atomic E-state index is 4.78. The third-order valence-corrected chi connectivity index (χ3v) is 3.75. The van der Waals surface area contributed by atoms with Crippen molar-refractivity contribution in [1.29, 1.82) is 0 Å². The standard InChI is InChI=1S/C13H18N4/c1-3-17-12-5-6-14-8-11(12)16-13(17)10-4-7-15-9(10)2/h5-6,8-10,15H,3-4,7H2,1-2H3. The van der Waals surface area contributed by atoms with Gasteiger partial charge >= 0.3 is 0 Å². The summed E-state index contributed by atoms with van der Waals surface area (Å²) in [6, 6.07) is 2.58. The molecular formula is C13H18N4. The second kappa shape index (κ2) is 4.11.